The van der Waals surface area contributed by atoms with Crippen LogP contribution in [0.25, 0.3) is 10.9 Å². The highest BCUT2D eigenvalue weighted by molar-refractivity contribution is 6.31. The maximum absolute atomic E-state index is 13.5. The third-order valence-electron chi connectivity index (χ3n) is 3.22. The predicted molar refractivity (Wildman–Crippen MR) is 82.7 cm³/mol. The lowest BCUT2D eigenvalue weighted by atomic mass is 10.2. The lowest BCUT2D eigenvalue weighted by Crippen LogP contribution is -1.88. The molecule has 0 radical (unpaired) electrons. The van der Waals surface area contributed by atoms with Crippen LogP contribution < -0.4 is 0 Å². The van der Waals surface area contributed by atoms with Gasteiger partial charge in [0.05, 0.1) is 12.1 Å². The minimum absolute atomic E-state index is 0.0181. The number of nitrogens with one attached hydrogen (secondary N) is 1. The number of H-pyrrole nitrogens is 1. The molecule has 1 aromatic heterocycles. The summed E-state index contributed by atoms with van der Waals surface area (Å²) in [6.07, 6.45) is 1.52. The van der Waals surface area contributed by atoms with Gasteiger partial charge in [0.25, 0.3) is 0 Å². The summed E-state index contributed by atoms with van der Waals surface area (Å²) >= 11 is 5.96. The van der Waals surface area contributed by atoms with Gasteiger partial charge in [-0.05, 0) is 24.3 Å². The number of fused-ring (bicyclic) bond motifs is 1. The van der Waals surface area contributed by atoms with Gasteiger partial charge in [-0.1, -0.05) is 29.8 Å². The van der Waals surface area contributed by atoms with Gasteiger partial charge in [0, 0.05) is 27.7 Å². The van der Waals surface area contributed by atoms with Crippen LogP contribution in [-0.4, -0.2) is 16.3 Å². The van der Waals surface area contributed by atoms with Crippen molar-refractivity contribution in [1.82, 2.24) is 4.98 Å². The molecular formula is C16H12ClFN2O. The zero-order valence-corrected chi connectivity index (χ0v) is 11.7. The first-order valence-electron chi connectivity index (χ1n) is 6.38. The molecule has 0 aliphatic heterocycles. The SMILES string of the molecule is Oc1[nH]c2ccc(Cl)cc2c1C=NCc1ccccc1F. The maximum atomic E-state index is 13.5. The van der Waals surface area contributed by atoms with Gasteiger partial charge >= 0.3 is 0 Å². The highest BCUT2D eigenvalue weighted by Crippen LogP contribution is 2.28. The first-order chi connectivity index (χ1) is 10.1. The zero-order valence-electron chi connectivity index (χ0n) is 11.0. The van der Waals surface area contributed by atoms with Gasteiger partial charge in [-0.25, -0.2) is 4.39 Å². The van der Waals surface area contributed by atoms with Crippen LogP contribution in [0.1, 0.15) is 11.1 Å². The largest absolute Gasteiger partial charge is 0.494 e. The number of aromatic nitrogens is 1. The predicted octanol–water partition coefficient (Wildman–Crippen LogP) is 4.29. The Morgan fingerprint density at radius 1 is 1.24 bits per heavy atom. The summed E-state index contributed by atoms with van der Waals surface area (Å²) in [6, 6.07) is 11.7. The van der Waals surface area contributed by atoms with Gasteiger partial charge in [0.15, 0.2) is 5.88 Å². The van der Waals surface area contributed by atoms with Crippen molar-refractivity contribution in [2.75, 3.05) is 0 Å². The van der Waals surface area contributed by atoms with E-state index in [9.17, 15) is 9.50 Å². The van der Waals surface area contributed by atoms with Crippen molar-refractivity contribution in [3.8, 4) is 5.88 Å². The molecule has 0 saturated heterocycles. The number of nitrogens with zero attached hydrogens (tertiary/aromatic N) is 1. The standard InChI is InChI=1S/C16H12ClFN2O/c17-11-5-6-15-12(7-11)13(16(21)20-15)9-19-8-10-3-1-2-4-14(10)18/h1-7,9,20-21H,8H2. The van der Waals surface area contributed by atoms with Gasteiger partial charge in [0.1, 0.15) is 5.82 Å². The third kappa shape index (κ3) is 2.76. The van der Waals surface area contributed by atoms with Crippen molar-refractivity contribution in [3.05, 3.63) is 64.4 Å². The number of benzene rings is 2. The molecule has 2 N–H and O–H groups in total. The van der Waals surface area contributed by atoms with E-state index in [2.05, 4.69) is 9.98 Å². The van der Waals surface area contributed by atoms with E-state index in [1.807, 2.05) is 0 Å². The van der Waals surface area contributed by atoms with Crippen molar-refractivity contribution >= 4 is 28.7 Å². The number of aromatic amines is 1. The second kappa shape index (κ2) is 5.58. The molecule has 0 fully saturated rings. The maximum Gasteiger partial charge on any atom is 0.198 e. The van der Waals surface area contributed by atoms with E-state index in [1.54, 1.807) is 36.4 Å². The van der Waals surface area contributed by atoms with Crippen molar-refractivity contribution < 1.29 is 9.50 Å². The second-order valence-electron chi connectivity index (χ2n) is 4.64. The van der Waals surface area contributed by atoms with E-state index in [0.717, 1.165) is 10.9 Å². The molecule has 106 valence electrons. The first kappa shape index (κ1) is 13.6. The lowest BCUT2D eigenvalue weighted by Gasteiger charge is -1.98. The molecule has 0 aliphatic rings. The van der Waals surface area contributed by atoms with Crippen LogP contribution in [-0.2, 0) is 6.54 Å². The van der Waals surface area contributed by atoms with Crippen LogP contribution in [0.4, 0.5) is 4.39 Å². The fourth-order valence-corrected chi connectivity index (χ4v) is 2.34. The minimum Gasteiger partial charge on any atom is -0.494 e. The highest BCUT2D eigenvalue weighted by Gasteiger charge is 2.09. The summed E-state index contributed by atoms with van der Waals surface area (Å²) in [4.78, 5) is 7.04. The van der Waals surface area contributed by atoms with E-state index >= 15 is 0 Å². The number of halogens is 2. The van der Waals surface area contributed by atoms with E-state index in [0.29, 0.717) is 16.1 Å². The molecule has 3 rings (SSSR count). The molecule has 0 aliphatic carbocycles. The molecule has 0 atom stereocenters. The molecule has 0 bridgehead atoms. The molecule has 1 heterocycles. The molecule has 3 nitrogen and oxygen atoms in total. The summed E-state index contributed by atoms with van der Waals surface area (Å²) in [5, 5.41) is 11.3. The van der Waals surface area contributed by atoms with Crippen LogP contribution in [0.5, 0.6) is 5.88 Å². The van der Waals surface area contributed by atoms with Crippen LogP contribution in [0.2, 0.25) is 5.02 Å². The molecule has 2 aromatic carbocycles. The Kier molecular flexibility index (Phi) is 3.62. The Balaban J connectivity index is 1.91. The molecule has 0 spiro atoms. The van der Waals surface area contributed by atoms with Crippen LogP contribution >= 0.6 is 11.6 Å². The Hall–Kier alpha value is -2.33. The third-order valence-corrected chi connectivity index (χ3v) is 3.45. The van der Waals surface area contributed by atoms with Crippen molar-refractivity contribution in [1.29, 1.82) is 0 Å². The summed E-state index contributed by atoms with van der Waals surface area (Å²) in [5.41, 5.74) is 1.82. The van der Waals surface area contributed by atoms with Gasteiger partial charge in [-0.2, -0.15) is 0 Å². The monoisotopic (exact) mass is 302 g/mol. The summed E-state index contributed by atoms with van der Waals surface area (Å²) in [6.45, 7) is 0.208. The summed E-state index contributed by atoms with van der Waals surface area (Å²) in [5.74, 6) is -0.273. The van der Waals surface area contributed by atoms with Crippen molar-refractivity contribution in [3.63, 3.8) is 0 Å². The minimum atomic E-state index is -0.291. The van der Waals surface area contributed by atoms with Crippen LogP contribution in [0.3, 0.4) is 0 Å². The first-order valence-corrected chi connectivity index (χ1v) is 6.76. The highest BCUT2D eigenvalue weighted by atomic mass is 35.5. The van der Waals surface area contributed by atoms with E-state index in [4.69, 9.17) is 11.6 Å². The molecule has 5 heteroatoms. The fourth-order valence-electron chi connectivity index (χ4n) is 2.16. The number of hydrogen-bond donors (Lipinski definition) is 2. The number of rotatable bonds is 3. The van der Waals surface area contributed by atoms with E-state index < -0.39 is 0 Å². The number of aliphatic imine (C=N–C) groups is 1. The normalized spacial score (nSPS) is 11.5. The average molecular weight is 303 g/mol. The molecular weight excluding hydrogens is 291 g/mol. The van der Waals surface area contributed by atoms with Gasteiger partial charge in [-0.15, -0.1) is 0 Å². The zero-order chi connectivity index (χ0) is 14.8. The Morgan fingerprint density at radius 3 is 2.86 bits per heavy atom. The number of aromatic hydroxyl groups is 1. The quantitative estimate of drug-likeness (QED) is 0.697. The Morgan fingerprint density at radius 2 is 2.05 bits per heavy atom. The van der Waals surface area contributed by atoms with Gasteiger partial charge < -0.3 is 10.1 Å². The summed E-state index contributed by atoms with van der Waals surface area (Å²) in [7, 11) is 0. The molecule has 0 saturated carbocycles. The number of hydrogen-bond acceptors (Lipinski definition) is 2. The molecule has 0 unspecified atom stereocenters. The lowest BCUT2D eigenvalue weighted by molar-refractivity contribution is 0.457. The van der Waals surface area contributed by atoms with Crippen molar-refractivity contribution in [2.24, 2.45) is 4.99 Å². The van der Waals surface area contributed by atoms with Gasteiger partial charge in [0.2, 0.25) is 0 Å². The van der Waals surface area contributed by atoms with E-state index in [1.165, 1.54) is 12.3 Å². The van der Waals surface area contributed by atoms with E-state index in [-0.39, 0.29) is 18.2 Å². The topological polar surface area (TPSA) is 48.4 Å². The Bertz CT molecular complexity index is 826. The molecule has 0 amide bonds. The van der Waals surface area contributed by atoms with Crippen LogP contribution in [0, 0.1) is 5.82 Å². The average Bonchev–Trinajstić information content (AvgIpc) is 2.77. The summed E-state index contributed by atoms with van der Waals surface area (Å²) < 4.78 is 13.5. The molecule has 21 heavy (non-hydrogen) atoms. The van der Waals surface area contributed by atoms with Crippen LogP contribution in [0.15, 0.2) is 47.5 Å². The van der Waals surface area contributed by atoms with Crippen molar-refractivity contribution in [2.45, 2.75) is 6.54 Å². The smallest absolute Gasteiger partial charge is 0.198 e. The Labute approximate surface area is 125 Å². The second-order valence-corrected chi connectivity index (χ2v) is 5.07. The fraction of sp³-hybridized carbons (Fsp3) is 0.0625. The molecule has 3 aromatic rings. The van der Waals surface area contributed by atoms with Gasteiger partial charge in [-0.3, -0.25) is 4.99 Å².